The molecule has 0 spiro atoms. The third-order valence-electron chi connectivity index (χ3n) is 5.76. The summed E-state index contributed by atoms with van der Waals surface area (Å²) in [6.45, 7) is 4.21. The van der Waals surface area contributed by atoms with Crippen molar-refractivity contribution in [2.24, 2.45) is 5.92 Å². The van der Waals surface area contributed by atoms with Gasteiger partial charge in [0.05, 0.1) is 14.2 Å². The number of methoxy groups -OCH3 is 2. The van der Waals surface area contributed by atoms with Crippen LogP contribution in [0.1, 0.15) is 42.6 Å². The number of rotatable bonds is 9. The lowest BCUT2D eigenvalue weighted by molar-refractivity contribution is -0.124. The van der Waals surface area contributed by atoms with Gasteiger partial charge in [0, 0.05) is 23.6 Å². The van der Waals surface area contributed by atoms with Crippen molar-refractivity contribution in [2.75, 3.05) is 20.8 Å². The number of halogens is 1. The molecule has 1 aliphatic rings. The highest BCUT2D eigenvalue weighted by atomic mass is 19.1. The minimum atomic E-state index is -0.700. The van der Waals surface area contributed by atoms with E-state index in [4.69, 9.17) is 9.47 Å². The maximum atomic E-state index is 13.2. The Hall–Kier alpha value is -3.09. The largest absolute Gasteiger partial charge is 0.497 e. The zero-order valence-corrected chi connectivity index (χ0v) is 18.3. The van der Waals surface area contributed by atoms with Crippen LogP contribution in [0.4, 0.5) is 4.39 Å². The first-order valence-electron chi connectivity index (χ1n) is 10.4. The fraction of sp³-hybridized carbons (Fsp3) is 0.417. The summed E-state index contributed by atoms with van der Waals surface area (Å²) in [5.74, 6) is -0.0369. The van der Waals surface area contributed by atoms with Crippen molar-refractivity contribution in [3.8, 4) is 11.5 Å². The van der Waals surface area contributed by atoms with Gasteiger partial charge in [-0.05, 0) is 48.6 Å². The average molecular weight is 429 g/mol. The molecule has 0 aromatic heterocycles. The number of nitrogens with one attached hydrogen (secondary N) is 2. The van der Waals surface area contributed by atoms with Crippen LogP contribution in [0.5, 0.6) is 11.5 Å². The normalized spacial score (nSPS) is 15.2. The molecule has 1 atom stereocenters. The van der Waals surface area contributed by atoms with Crippen LogP contribution >= 0.6 is 0 Å². The Morgan fingerprint density at radius 2 is 1.61 bits per heavy atom. The number of hydrogen-bond donors (Lipinski definition) is 2. The highest BCUT2D eigenvalue weighted by Gasteiger charge is 2.44. The molecule has 2 N–H and O–H groups in total. The van der Waals surface area contributed by atoms with Gasteiger partial charge >= 0.3 is 0 Å². The van der Waals surface area contributed by atoms with E-state index >= 15 is 0 Å². The molecule has 31 heavy (non-hydrogen) atoms. The smallest absolute Gasteiger partial charge is 0.252 e. The minimum absolute atomic E-state index is 0.113. The topological polar surface area (TPSA) is 76.7 Å². The summed E-state index contributed by atoms with van der Waals surface area (Å²) in [7, 11) is 3.02. The summed E-state index contributed by atoms with van der Waals surface area (Å²) >= 11 is 0. The van der Waals surface area contributed by atoms with Gasteiger partial charge in [0.25, 0.3) is 5.91 Å². The standard InChI is InChI=1S/C24H29FN2O4/c1-15(2)21(27-22(28)16-11-19(30-3)13-20(12-16)31-4)23(29)26-14-24(9-10-24)17-5-7-18(25)8-6-17/h5-8,11-13,15,21H,9-10,14H2,1-4H3,(H,26,29)(H,27,28). The van der Waals surface area contributed by atoms with Crippen molar-refractivity contribution in [3.05, 3.63) is 59.4 Å². The number of carbonyl (C=O) groups is 2. The molecule has 0 aliphatic heterocycles. The van der Waals surface area contributed by atoms with Crippen LogP contribution in [0.3, 0.4) is 0 Å². The van der Waals surface area contributed by atoms with Crippen molar-refractivity contribution in [1.82, 2.24) is 10.6 Å². The van der Waals surface area contributed by atoms with E-state index in [1.807, 2.05) is 13.8 Å². The first kappa shape index (κ1) is 22.6. The van der Waals surface area contributed by atoms with Crippen LogP contribution in [0, 0.1) is 11.7 Å². The van der Waals surface area contributed by atoms with Gasteiger partial charge in [0.15, 0.2) is 0 Å². The third kappa shape index (κ3) is 5.34. The van der Waals surface area contributed by atoms with E-state index in [1.54, 1.807) is 30.3 Å². The van der Waals surface area contributed by atoms with Gasteiger partial charge in [-0.3, -0.25) is 9.59 Å². The Morgan fingerprint density at radius 3 is 2.10 bits per heavy atom. The number of hydrogen-bond acceptors (Lipinski definition) is 4. The monoisotopic (exact) mass is 428 g/mol. The summed E-state index contributed by atoms with van der Waals surface area (Å²) in [6.07, 6.45) is 1.86. The fourth-order valence-electron chi connectivity index (χ4n) is 3.59. The Bertz CT molecular complexity index is 917. The Balaban J connectivity index is 1.67. The third-order valence-corrected chi connectivity index (χ3v) is 5.76. The molecule has 6 nitrogen and oxygen atoms in total. The fourth-order valence-corrected chi connectivity index (χ4v) is 3.59. The highest BCUT2D eigenvalue weighted by Crippen LogP contribution is 2.47. The van der Waals surface area contributed by atoms with Crippen molar-refractivity contribution >= 4 is 11.8 Å². The van der Waals surface area contributed by atoms with Gasteiger partial charge in [-0.2, -0.15) is 0 Å². The number of benzene rings is 2. The maximum absolute atomic E-state index is 13.2. The molecule has 1 aliphatic carbocycles. The molecule has 2 aromatic rings. The second-order valence-corrected chi connectivity index (χ2v) is 8.30. The summed E-state index contributed by atoms with van der Waals surface area (Å²) in [6, 6.07) is 10.6. The van der Waals surface area contributed by atoms with Crippen molar-refractivity contribution in [2.45, 2.75) is 38.1 Å². The first-order valence-corrected chi connectivity index (χ1v) is 10.4. The molecule has 7 heteroatoms. The van der Waals surface area contributed by atoms with E-state index < -0.39 is 6.04 Å². The number of amides is 2. The molecule has 0 bridgehead atoms. The van der Waals surface area contributed by atoms with E-state index in [0.717, 1.165) is 18.4 Å². The Kier molecular flexibility index (Phi) is 6.83. The second kappa shape index (κ2) is 9.37. The summed E-state index contributed by atoms with van der Waals surface area (Å²) in [5.41, 5.74) is 1.21. The predicted molar refractivity (Wildman–Crippen MR) is 116 cm³/mol. The predicted octanol–water partition coefficient (Wildman–Crippen LogP) is 3.45. The lowest BCUT2D eigenvalue weighted by atomic mass is 9.95. The Labute approximate surface area is 182 Å². The molecule has 2 amide bonds. The molecular formula is C24H29FN2O4. The zero-order chi connectivity index (χ0) is 22.6. The molecule has 2 aromatic carbocycles. The van der Waals surface area contributed by atoms with E-state index in [0.29, 0.717) is 23.6 Å². The van der Waals surface area contributed by atoms with E-state index in [2.05, 4.69) is 10.6 Å². The van der Waals surface area contributed by atoms with E-state index in [1.165, 1.54) is 26.4 Å². The van der Waals surface area contributed by atoms with Crippen molar-refractivity contribution < 1.29 is 23.5 Å². The summed E-state index contributed by atoms with van der Waals surface area (Å²) in [4.78, 5) is 25.8. The summed E-state index contributed by atoms with van der Waals surface area (Å²) in [5, 5.41) is 5.81. The molecule has 1 saturated carbocycles. The van der Waals surface area contributed by atoms with Gasteiger partial charge < -0.3 is 20.1 Å². The minimum Gasteiger partial charge on any atom is -0.497 e. The van der Waals surface area contributed by atoms with Gasteiger partial charge in [0.1, 0.15) is 23.4 Å². The van der Waals surface area contributed by atoms with E-state index in [-0.39, 0.29) is 29.0 Å². The molecule has 1 fully saturated rings. The maximum Gasteiger partial charge on any atom is 0.252 e. The van der Waals surface area contributed by atoms with Gasteiger partial charge in [0.2, 0.25) is 5.91 Å². The quantitative estimate of drug-likeness (QED) is 0.642. The van der Waals surface area contributed by atoms with Crippen LogP contribution < -0.4 is 20.1 Å². The van der Waals surface area contributed by atoms with Crippen LogP contribution in [0.15, 0.2) is 42.5 Å². The SMILES string of the molecule is COc1cc(OC)cc(C(=O)NC(C(=O)NCC2(c3ccc(F)cc3)CC2)C(C)C)c1. The molecule has 0 radical (unpaired) electrons. The van der Waals surface area contributed by atoms with Crippen molar-refractivity contribution in [3.63, 3.8) is 0 Å². The van der Waals surface area contributed by atoms with Gasteiger partial charge in [-0.15, -0.1) is 0 Å². The van der Waals surface area contributed by atoms with E-state index in [9.17, 15) is 14.0 Å². The average Bonchev–Trinajstić information content (AvgIpc) is 3.56. The Morgan fingerprint density at radius 1 is 1.03 bits per heavy atom. The van der Waals surface area contributed by atoms with Crippen LogP contribution in [-0.4, -0.2) is 38.6 Å². The molecule has 166 valence electrons. The molecular weight excluding hydrogens is 399 g/mol. The molecule has 1 unspecified atom stereocenters. The first-order chi connectivity index (χ1) is 14.8. The van der Waals surface area contributed by atoms with Crippen molar-refractivity contribution in [1.29, 1.82) is 0 Å². The molecule has 3 rings (SSSR count). The van der Waals surface area contributed by atoms with Crippen LogP contribution in [0.2, 0.25) is 0 Å². The zero-order valence-electron chi connectivity index (χ0n) is 18.3. The number of carbonyl (C=O) groups excluding carboxylic acids is 2. The van der Waals surface area contributed by atoms with Crippen LogP contribution in [0.25, 0.3) is 0 Å². The number of ether oxygens (including phenoxy) is 2. The highest BCUT2D eigenvalue weighted by molar-refractivity contribution is 5.98. The van der Waals surface area contributed by atoms with Gasteiger partial charge in [-0.1, -0.05) is 26.0 Å². The lowest BCUT2D eigenvalue weighted by Crippen LogP contribution is -2.51. The second-order valence-electron chi connectivity index (χ2n) is 8.30. The molecule has 0 heterocycles. The molecule has 0 saturated heterocycles. The lowest BCUT2D eigenvalue weighted by Gasteiger charge is -2.24. The van der Waals surface area contributed by atoms with Crippen LogP contribution in [-0.2, 0) is 10.2 Å². The van der Waals surface area contributed by atoms with Gasteiger partial charge in [-0.25, -0.2) is 4.39 Å². The summed E-state index contributed by atoms with van der Waals surface area (Å²) < 4.78 is 23.7.